The molecule has 0 unspecified atom stereocenters. The molecule has 0 heterocycles. The average Bonchev–Trinajstić information content (AvgIpc) is 2.63. The van der Waals surface area contributed by atoms with Crippen LogP contribution in [0.15, 0.2) is 79.6 Å². The third-order valence-electron chi connectivity index (χ3n) is 3.51. The normalized spacial score (nSPS) is 11.5. The molecule has 0 aliphatic rings. The molecule has 0 radical (unpaired) electrons. The fourth-order valence-electron chi connectivity index (χ4n) is 2.20. The van der Waals surface area contributed by atoms with E-state index in [1.54, 1.807) is 48.8 Å². The molecule has 3 aromatic rings. The Balaban J connectivity index is 1.82. The van der Waals surface area contributed by atoms with Gasteiger partial charge in [0.1, 0.15) is 11.5 Å². The second-order valence-electron chi connectivity index (χ2n) is 5.44. The monoisotopic (exact) mass is 472 g/mol. The molecule has 0 saturated carbocycles. The summed E-state index contributed by atoms with van der Waals surface area (Å²) in [6, 6.07) is 17.7. The number of halogens is 2. The number of aromatic hydroxyl groups is 2. The molecule has 3 aromatic carbocycles. The van der Waals surface area contributed by atoms with Gasteiger partial charge in [-0.05, 0) is 54.6 Å². The Morgan fingerprint density at radius 2 is 1.12 bits per heavy atom. The van der Waals surface area contributed by atoms with Crippen molar-refractivity contribution in [1.82, 2.24) is 0 Å². The third-order valence-corrected chi connectivity index (χ3v) is 4.50. The molecule has 4 nitrogen and oxygen atoms in total. The summed E-state index contributed by atoms with van der Waals surface area (Å²) in [6.07, 6.45) is 3.20. The lowest BCUT2D eigenvalue weighted by molar-refractivity contribution is 0.474. The largest absolute Gasteiger partial charge is 0.507 e. The highest BCUT2D eigenvalue weighted by molar-refractivity contribution is 9.10. The number of phenolic OH excluding ortho intramolecular Hbond substituents is 2. The van der Waals surface area contributed by atoms with E-state index in [4.69, 9.17) is 0 Å². The van der Waals surface area contributed by atoms with Crippen LogP contribution in [-0.4, -0.2) is 22.6 Å². The van der Waals surface area contributed by atoms with E-state index in [1.807, 2.05) is 24.3 Å². The molecule has 0 amide bonds. The van der Waals surface area contributed by atoms with Gasteiger partial charge in [0.25, 0.3) is 0 Å². The number of aliphatic imine (C=N–C) groups is 2. The van der Waals surface area contributed by atoms with Gasteiger partial charge in [0, 0.05) is 32.5 Å². The lowest BCUT2D eigenvalue weighted by atomic mass is 10.2. The van der Waals surface area contributed by atoms with E-state index in [1.165, 1.54) is 0 Å². The minimum absolute atomic E-state index is 0.163. The van der Waals surface area contributed by atoms with Crippen molar-refractivity contribution in [2.75, 3.05) is 0 Å². The molecule has 0 aromatic heterocycles. The van der Waals surface area contributed by atoms with Crippen molar-refractivity contribution in [2.45, 2.75) is 0 Å². The average molecular weight is 474 g/mol. The van der Waals surface area contributed by atoms with E-state index in [2.05, 4.69) is 41.8 Å². The zero-order valence-electron chi connectivity index (χ0n) is 13.5. The van der Waals surface area contributed by atoms with Crippen LogP contribution in [0.2, 0.25) is 0 Å². The first-order valence-corrected chi connectivity index (χ1v) is 9.25. The van der Waals surface area contributed by atoms with E-state index in [0.29, 0.717) is 22.5 Å². The van der Waals surface area contributed by atoms with Crippen molar-refractivity contribution >= 4 is 55.7 Å². The van der Waals surface area contributed by atoms with Crippen LogP contribution in [0, 0.1) is 0 Å². The Hall–Kier alpha value is -2.44. The molecule has 0 bridgehead atoms. The van der Waals surface area contributed by atoms with Crippen LogP contribution in [0.1, 0.15) is 11.1 Å². The molecule has 130 valence electrons. The highest BCUT2D eigenvalue weighted by Gasteiger charge is 2.01. The van der Waals surface area contributed by atoms with Gasteiger partial charge < -0.3 is 10.2 Å². The van der Waals surface area contributed by atoms with Crippen LogP contribution >= 0.6 is 31.9 Å². The summed E-state index contributed by atoms with van der Waals surface area (Å²) in [4.78, 5) is 8.78. The molecule has 0 fully saturated rings. The van der Waals surface area contributed by atoms with Crippen molar-refractivity contribution < 1.29 is 10.2 Å². The minimum atomic E-state index is 0.163. The molecular formula is C20H14Br2N2O2. The van der Waals surface area contributed by atoms with E-state index >= 15 is 0 Å². The summed E-state index contributed by atoms with van der Waals surface area (Å²) in [5, 5.41) is 19.7. The van der Waals surface area contributed by atoms with E-state index in [9.17, 15) is 10.2 Å². The minimum Gasteiger partial charge on any atom is -0.507 e. The predicted molar refractivity (Wildman–Crippen MR) is 113 cm³/mol. The summed E-state index contributed by atoms with van der Waals surface area (Å²) in [5.74, 6) is 0.326. The maximum atomic E-state index is 9.86. The van der Waals surface area contributed by atoms with Gasteiger partial charge in [-0.2, -0.15) is 0 Å². The van der Waals surface area contributed by atoms with Gasteiger partial charge in [-0.3, -0.25) is 9.98 Å². The van der Waals surface area contributed by atoms with Crippen molar-refractivity contribution in [3.05, 3.63) is 80.7 Å². The molecular weight excluding hydrogens is 460 g/mol. The standard InChI is InChI=1S/C20H14Br2N2O2/c21-15-4-6-19(25)13(8-15)11-23-17-2-1-3-18(10-17)24-12-14-9-16(22)5-7-20(14)26/h1-12,25-26H. The van der Waals surface area contributed by atoms with Crippen LogP contribution in [0.5, 0.6) is 11.5 Å². The molecule has 2 N–H and O–H groups in total. The lowest BCUT2D eigenvalue weighted by Gasteiger charge is -2.01. The van der Waals surface area contributed by atoms with Crippen LogP contribution < -0.4 is 0 Å². The molecule has 26 heavy (non-hydrogen) atoms. The quantitative estimate of drug-likeness (QED) is 0.448. The van der Waals surface area contributed by atoms with E-state index in [0.717, 1.165) is 8.95 Å². The van der Waals surface area contributed by atoms with Gasteiger partial charge in [-0.1, -0.05) is 37.9 Å². The first-order chi connectivity index (χ1) is 12.5. The molecule has 0 saturated heterocycles. The van der Waals surface area contributed by atoms with Gasteiger partial charge in [0.15, 0.2) is 0 Å². The van der Waals surface area contributed by atoms with E-state index in [-0.39, 0.29) is 11.5 Å². The lowest BCUT2D eigenvalue weighted by Crippen LogP contribution is -1.83. The number of hydrogen-bond donors (Lipinski definition) is 2. The second kappa shape index (κ2) is 8.29. The molecule has 6 heteroatoms. The fraction of sp³-hybridized carbons (Fsp3) is 0. The van der Waals surface area contributed by atoms with Gasteiger partial charge in [-0.25, -0.2) is 0 Å². The van der Waals surface area contributed by atoms with Gasteiger partial charge in [0.2, 0.25) is 0 Å². The summed E-state index contributed by atoms with van der Waals surface area (Å²) >= 11 is 6.74. The van der Waals surface area contributed by atoms with Crippen molar-refractivity contribution in [1.29, 1.82) is 0 Å². The Morgan fingerprint density at radius 3 is 1.58 bits per heavy atom. The smallest absolute Gasteiger partial charge is 0.124 e. The first-order valence-electron chi connectivity index (χ1n) is 7.66. The highest BCUT2D eigenvalue weighted by Crippen LogP contribution is 2.25. The zero-order chi connectivity index (χ0) is 18.5. The van der Waals surface area contributed by atoms with Crippen LogP contribution in [0.4, 0.5) is 11.4 Å². The second-order valence-corrected chi connectivity index (χ2v) is 7.27. The number of benzene rings is 3. The first kappa shape index (κ1) is 18.4. The van der Waals surface area contributed by atoms with Gasteiger partial charge >= 0.3 is 0 Å². The molecule has 0 spiro atoms. The van der Waals surface area contributed by atoms with E-state index < -0.39 is 0 Å². The maximum Gasteiger partial charge on any atom is 0.124 e. The summed E-state index contributed by atoms with van der Waals surface area (Å²) in [7, 11) is 0. The Kier molecular flexibility index (Phi) is 5.85. The topological polar surface area (TPSA) is 65.2 Å². The summed E-state index contributed by atoms with van der Waals surface area (Å²) in [6.45, 7) is 0. The summed E-state index contributed by atoms with van der Waals surface area (Å²) < 4.78 is 1.73. The highest BCUT2D eigenvalue weighted by atomic mass is 79.9. The molecule has 0 aliphatic carbocycles. The fourth-order valence-corrected chi connectivity index (χ4v) is 2.96. The van der Waals surface area contributed by atoms with Crippen molar-refractivity contribution in [2.24, 2.45) is 9.98 Å². The maximum absolute atomic E-state index is 9.86. The van der Waals surface area contributed by atoms with Gasteiger partial charge in [0.05, 0.1) is 11.4 Å². The number of hydrogen-bond acceptors (Lipinski definition) is 4. The Bertz CT molecular complexity index is 924. The Labute approximate surface area is 167 Å². The number of phenols is 2. The van der Waals surface area contributed by atoms with Crippen molar-refractivity contribution in [3.8, 4) is 11.5 Å². The van der Waals surface area contributed by atoms with Crippen molar-refractivity contribution in [3.63, 3.8) is 0 Å². The molecule has 3 rings (SSSR count). The predicted octanol–water partition coefficient (Wildman–Crippen LogP) is 6.12. The van der Waals surface area contributed by atoms with Crippen LogP contribution in [-0.2, 0) is 0 Å². The van der Waals surface area contributed by atoms with Crippen LogP contribution in [0.25, 0.3) is 0 Å². The summed E-state index contributed by atoms with van der Waals surface area (Å²) in [5.41, 5.74) is 2.65. The molecule has 0 atom stereocenters. The SMILES string of the molecule is Oc1ccc(Br)cc1C=Nc1cccc(N=Cc2cc(Br)ccc2O)c1. The number of nitrogens with zero attached hydrogens (tertiary/aromatic N) is 2. The Morgan fingerprint density at radius 1 is 0.654 bits per heavy atom. The molecule has 0 aliphatic heterocycles. The number of rotatable bonds is 4. The van der Waals surface area contributed by atoms with Crippen LogP contribution in [0.3, 0.4) is 0 Å². The third kappa shape index (κ3) is 4.80. The zero-order valence-corrected chi connectivity index (χ0v) is 16.6. The van der Waals surface area contributed by atoms with Gasteiger partial charge in [-0.15, -0.1) is 0 Å².